The van der Waals surface area contributed by atoms with Crippen LogP contribution in [0.15, 0.2) is 0 Å². The average molecular weight is 243 g/mol. The van der Waals surface area contributed by atoms with Gasteiger partial charge in [-0.2, -0.15) is 0 Å². The van der Waals surface area contributed by atoms with E-state index in [0.29, 0.717) is 6.04 Å². The molecule has 17 heavy (non-hydrogen) atoms. The van der Waals surface area contributed by atoms with E-state index in [1.165, 1.54) is 0 Å². The number of morpholine rings is 1. The Morgan fingerprint density at radius 3 is 2.88 bits per heavy atom. The monoisotopic (exact) mass is 243 g/mol. The summed E-state index contributed by atoms with van der Waals surface area (Å²) in [5.41, 5.74) is 5.36. The molecule has 1 saturated heterocycles. The Bertz CT molecular complexity index is 248. The lowest BCUT2D eigenvalue weighted by Gasteiger charge is -2.37. The maximum atomic E-state index is 11.2. The number of nitrogens with two attached hydrogens (primary N) is 1. The Labute approximate surface area is 104 Å². The largest absolute Gasteiger partial charge is 0.376 e. The number of nitrogens with one attached hydrogen (secondary N) is 1. The quantitative estimate of drug-likeness (QED) is 0.686. The number of primary amides is 1. The number of nitrogens with zero attached hydrogens (tertiary/aromatic N) is 1. The maximum absolute atomic E-state index is 11.2. The SMILES string of the molecule is CCNC(CCN1CC(C)OCC1C)C(N)=O. The van der Waals surface area contributed by atoms with Gasteiger partial charge in [0.05, 0.1) is 18.8 Å². The lowest BCUT2D eigenvalue weighted by Crippen LogP contribution is -2.50. The molecular weight excluding hydrogens is 218 g/mol. The zero-order chi connectivity index (χ0) is 12.8. The Morgan fingerprint density at radius 1 is 1.59 bits per heavy atom. The number of likely N-dealkylation sites (N-methyl/N-ethyl adjacent to an activating group) is 1. The first-order chi connectivity index (χ1) is 8.04. The lowest BCUT2D eigenvalue weighted by atomic mass is 10.1. The van der Waals surface area contributed by atoms with Crippen molar-refractivity contribution >= 4 is 5.91 Å². The van der Waals surface area contributed by atoms with Gasteiger partial charge in [-0.25, -0.2) is 0 Å². The third-order valence-electron chi connectivity index (χ3n) is 3.24. The van der Waals surface area contributed by atoms with Crippen molar-refractivity contribution in [1.29, 1.82) is 0 Å². The minimum Gasteiger partial charge on any atom is -0.376 e. The number of carbonyl (C=O) groups excluding carboxylic acids is 1. The van der Waals surface area contributed by atoms with Crippen molar-refractivity contribution in [1.82, 2.24) is 10.2 Å². The van der Waals surface area contributed by atoms with Crippen molar-refractivity contribution in [2.24, 2.45) is 5.73 Å². The number of carbonyl (C=O) groups is 1. The molecule has 100 valence electrons. The summed E-state index contributed by atoms with van der Waals surface area (Å²) < 4.78 is 5.57. The molecule has 0 aliphatic carbocycles. The van der Waals surface area contributed by atoms with Gasteiger partial charge in [-0.05, 0) is 26.8 Å². The highest BCUT2D eigenvalue weighted by molar-refractivity contribution is 5.79. The fourth-order valence-corrected chi connectivity index (χ4v) is 2.17. The first-order valence-electron chi connectivity index (χ1n) is 6.43. The van der Waals surface area contributed by atoms with E-state index in [2.05, 4.69) is 24.1 Å². The zero-order valence-electron chi connectivity index (χ0n) is 11.1. The molecule has 0 aromatic rings. The van der Waals surface area contributed by atoms with Crippen LogP contribution in [-0.2, 0) is 9.53 Å². The molecule has 0 saturated carbocycles. The molecule has 1 fully saturated rings. The average Bonchev–Trinajstić information content (AvgIpc) is 2.28. The fourth-order valence-electron chi connectivity index (χ4n) is 2.17. The van der Waals surface area contributed by atoms with E-state index in [1.54, 1.807) is 0 Å². The van der Waals surface area contributed by atoms with E-state index in [9.17, 15) is 4.79 Å². The minimum absolute atomic E-state index is 0.217. The van der Waals surface area contributed by atoms with Gasteiger partial charge in [-0.15, -0.1) is 0 Å². The lowest BCUT2D eigenvalue weighted by molar-refractivity contribution is -0.120. The van der Waals surface area contributed by atoms with Crippen LogP contribution in [0.3, 0.4) is 0 Å². The molecule has 0 bridgehead atoms. The van der Waals surface area contributed by atoms with Crippen LogP contribution < -0.4 is 11.1 Å². The zero-order valence-corrected chi connectivity index (χ0v) is 11.1. The van der Waals surface area contributed by atoms with E-state index in [0.717, 1.165) is 32.7 Å². The summed E-state index contributed by atoms with van der Waals surface area (Å²) in [5.74, 6) is -0.263. The van der Waals surface area contributed by atoms with Crippen LogP contribution in [0.5, 0.6) is 0 Å². The van der Waals surface area contributed by atoms with Crippen molar-refractivity contribution in [3.63, 3.8) is 0 Å². The summed E-state index contributed by atoms with van der Waals surface area (Å²) in [6.45, 7) is 9.56. The predicted molar refractivity (Wildman–Crippen MR) is 67.7 cm³/mol. The van der Waals surface area contributed by atoms with Gasteiger partial charge in [0.2, 0.25) is 5.91 Å². The molecule has 1 heterocycles. The summed E-state index contributed by atoms with van der Waals surface area (Å²) in [4.78, 5) is 13.6. The Hall–Kier alpha value is -0.650. The fraction of sp³-hybridized carbons (Fsp3) is 0.917. The Kier molecular flexibility index (Phi) is 5.88. The van der Waals surface area contributed by atoms with E-state index >= 15 is 0 Å². The van der Waals surface area contributed by atoms with Gasteiger partial charge in [-0.1, -0.05) is 6.92 Å². The van der Waals surface area contributed by atoms with Gasteiger partial charge in [0.15, 0.2) is 0 Å². The van der Waals surface area contributed by atoms with E-state index in [1.807, 2.05) is 6.92 Å². The van der Waals surface area contributed by atoms with E-state index in [4.69, 9.17) is 10.5 Å². The third-order valence-corrected chi connectivity index (χ3v) is 3.24. The van der Waals surface area contributed by atoms with Crippen LogP contribution in [0.4, 0.5) is 0 Å². The normalized spacial score (nSPS) is 27.9. The molecule has 0 radical (unpaired) electrons. The first-order valence-corrected chi connectivity index (χ1v) is 6.43. The number of hydrogen-bond donors (Lipinski definition) is 2. The maximum Gasteiger partial charge on any atom is 0.234 e. The summed E-state index contributed by atoms with van der Waals surface area (Å²) in [7, 11) is 0. The van der Waals surface area contributed by atoms with Gasteiger partial charge in [0, 0.05) is 19.1 Å². The second-order valence-electron chi connectivity index (χ2n) is 4.79. The molecular formula is C12H25N3O2. The minimum atomic E-state index is -0.263. The molecule has 0 aromatic heterocycles. The molecule has 3 atom stereocenters. The van der Waals surface area contributed by atoms with Crippen LogP contribution in [0.2, 0.25) is 0 Å². The highest BCUT2D eigenvalue weighted by Crippen LogP contribution is 2.12. The van der Waals surface area contributed by atoms with E-state index in [-0.39, 0.29) is 18.1 Å². The second kappa shape index (κ2) is 6.93. The van der Waals surface area contributed by atoms with Gasteiger partial charge in [0.25, 0.3) is 0 Å². The van der Waals surface area contributed by atoms with Gasteiger partial charge < -0.3 is 15.8 Å². The third kappa shape index (κ3) is 4.61. The molecule has 0 spiro atoms. The molecule has 1 aliphatic heterocycles. The molecule has 1 amide bonds. The van der Waals surface area contributed by atoms with Crippen LogP contribution in [-0.4, -0.2) is 55.2 Å². The Balaban J connectivity index is 2.38. The highest BCUT2D eigenvalue weighted by atomic mass is 16.5. The van der Waals surface area contributed by atoms with Crippen LogP contribution >= 0.6 is 0 Å². The molecule has 0 aromatic carbocycles. The summed E-state index contributed by atoms with van der Waals surface area (Å²) in [6.07, 6.45) is 1.04. The van der Waals surface area contributed by atoms with Crippen LogP contribution in [0.1, 0.15) is 27.2 Å². The number of amides is 1. The second-order valence-corrected chi connectivity index (χ2v) is 4.79. The molecule has 3 N–H and O–H groups in total. The van der Waals surface area contributed by atoms with Crippen molar-refractivity contribution < 1.29 is 9.53 Å². The molecule has 5 nitrogen and oxygen atoms in total. The highest BCUT2D eigenvalue weighted by Gasteiger charge is 2.24. The summed E-state index contributed by atoms with van der Waals surface area (Å²) in [6, 6.07) is 0.201. The van der Waals surface area contributed by atoms with Crippen molar-refractivity contribution in [3.8, 4) is 0 Å². The van der Waals surface area contributed by atoms with Crippen molar-refractivity contribution in [2.75, 3.05) is 26.2 Å². The summed E-state index contributed by atoms with van der Waals surface area (Å²) >= 11 is 0. The number of ether oxygens (including phenoxy) is 1. The van der Waals surface area contributed by atoms with Crippen molar-refractivity contribution in [3.05, 3.63) is 0 Å². The van der Waals surface area contributed by atoms with E-state index < -0.39 is 0 Å². The van der Waals surface area contributed by atoms with Crippen molar-refractivity contribution in [2.45, 2.75) is 45.4 Å². The predicted octanol–water partition coefficient (Wildman–Crippen LogP) is -0.0509. The smallest absolute Gasteiger partial charge is 0.234 e. The molecule has 5 heteroatoms. The standard InChI is InChI=1S/C12H25N3O2/c1-4-14-11(12(13)16)5-6-15-7-10(3)17-8-9(15)2/h9-11,14H,4-8H2,1-3H3,(H2,13,16). The topological polar surface area (TPSA) is 67.6 Å². The number of hydrogen-bond acceptors (Lipinski definition) is 4. The Morgan fingerprint density at radius 2 is 2.29 bits per heavy atom. The van der Waals surface area contributed by atoms with Crippen LogP contribution in [0, 0.1) is 0 Å². The molecule has 3 unspecified atom stereocenters. The first kappa shape index (κ1) is 14.4. The van der Waals surface area contributed by atoms with Gasteiger partial charge in [-0.3, -0.25) is 9.69 Å². The van der Waals surface area contributed by atoms with Crippen LogP contribution in [0.25, 0.3) is 0 Å². The molecule has 1 aliphatic rings. The van der Waals surface area contributed by atoms with Gasteiger partial charge in [0.1, 0.15) is 0 Å². The molecule has 1 rings (SSSR count). The number of rotatable bonds is 6. The summed E-state index contributed by atoms with van der Waals surface area (Å²) in [5, 5.41) is 3.12. The van der Waals surface area contributed by atoms with Gasteiger partial charge >= 0.3 is 0 Å².